The molecule has 7 heteroatoms. The van der Waals surface area contributed by atoms with Crippen LogP contribution in [-0.4, -0.2) is 31.3 Å². The summed E-state index contributed by atoms with van der Waals surface area (Å²) >= 11 is 0. The van der Waals surface area contributed by atoms with E-state index in [2.05, 4.69) is 10.2 Å². The van der Waals surface area contributed by atoms with Crippen molar-refractivity contribution in [3.05, 3.63) is 0 Å². The standard InChI is InChI=1S/C7H11F3N2O2/c8-7(9,10)4-14-12-6(13)5-2-1-3-11-5/h5,11H,1-4H2,(H,12,13)/t5-/m0/s1. The highest BCUT2D eigenvalue weighted by atomic mass is 19.4. The Morgan fingerprint density at radius 3 is 2.79 bits per heavy atom. The number of nitrogens with one attached hydrogen (secondary N) is 2. The maximum Gasteiger partial charge on any atom is 0.414 e. The van der Waals surface area contributed by atoms with Crippen molar-refractivity contribution < 1.29 is 22.8 Å². The summed E-state index contributed by atoms with van der Waals surface area (Å²) in [6.07, 6.45) is -2.95. The van der Waals surface area contributed by atoms with Crippen LogP contribution in [0.2, 0.25) is 0 Å². The molecule has 1 aliphatic heterocycles. The van der Waals surface area contributed by atoms with Gasteiger partial charge in [-0.2, -0.15) is 13.2 Å². The van der Waals surface area contributed by atoms with Crippen LogP contribution in [0.15, 0.2) is 0 Å². The van der Waals surface area contributed by atoms with E-state index in [1.54, 1.807) is 5.48 Å². The van der Waals surface area contributed by atoms with Crippen LogP contribution in [0.3, 0.4) is 0 Å². The summed E-state index contributed by atoms with van der Waals surface area (Å²) in [7, 11) is 0. The molecule has 0 unspecified atom stereocenters. The molecule has 1 heterocycles. The second kappa shape index (κ2) is 4.61. The summed E-state index contributed by atoms with van der Waals surface area (Å²) in [5, 5.41) is 2.83. The molecule has 1 fully saturated rings. The van der Waals surface area contributed by atoms with Gasteiger partial charge >= 0.3 is 6.18 Å². The van der Waals surface area contributed by atoms with Gasteiger partial charge in [0.05, 0.1) is 6.04 Å². The van der Waals surface area contributed by atoms with Gasteiger partial charge in [-0.15, -0.1) is 0 Å². The third-order valence-corrected chi connectivity index (χ3v) is 1.79. The quantitative estimate of drug-likeness (QED) is 0.663. The zero-order chi connectivity index (χ0) is 10.6. The average Bonchev–Trinajstić information content (AvgIpc) is 2.53. The Bertz CT molecular complexity index is 202. The lowest BCUT2D eigenvalue weighted by atomic mass is 10.2. The Morgan fingerprint density at radius 1 is 1.57 bits per heavy atom. The van der Waals surface area contributed by atoms with Crippen molar-refractivity contribution in [1.82, 2.24) is 10.8 Å². The number of alkyl halides is 3. The SMILES string of the molecule is O=C(NOCC(F)(F)F)[C@@H]1CCCN1. The smallest absolute Gasteiger partial charge is 0.306 e. The van der Waals surface area contributed by atoms with E-state index in [1.165, 1.54) is 0 Å². The average molecular weight is 212 g/mol. The predicted molar refractivity (Wildman–Crippen MR) is 41.2 cm³/mol. The van der Waals surface area contributed by atoms with Crippen molar-refractivity contribution in [2.45, 2.75) is 25.1 Å². The Hall–Kier alpha value is -0.820. The Labute approximate surface area is 78.7 Å². The van der Waals surface area contributed by atoms with Gasteiger partial charge in [-0.25, -0.2) is 5.48 Å². The largest absolute Gasteiger partial charge is 0.414 e. The Morgan fingerprint density at radius 2 is 2.29 bits per heavy atom. The fraction of sp³-hybridized carbons (Fsp3) is 0.857. The molecule has 82 valence electrons. The molecule has 1 saturated heterocycles. The van der Waals surface area contributed by atoms with E-state index in [-0.39, 0.29) is 0 Å². The minimum atomic E-state index is -4.42. The number of hydrogen-bond donors (Lipinski definition) is 2. The Kier molecular flexibility index (Phi) is 3.70. The molecule has 2 N–H and O–H groups in total. The molecule has 1 aliphatic rings. The van der Waals surface area contributed by atoms with Gasteiger partial charge in [-0.1, -0.05) is 0 Å². The normalized spacial score (nSPS) is 22.4. The first-order chi connectivity index (χ1) is 6.49. The summed E-state index contributed by atoms with van der Waals surface area (Å²) in [5.74, 6) is -0.549. The molecule has 0 aromatic heterocycles. The number of hydrogen-bond acceptors (Lipinski definition) is 3. The highest BCUT2D eigenvalue weighted by Crippen LogP contribution is 2.13. The molecule has 0 aromatic carbocycles. The topological polar surface area (TPSA) is 50.4 Å². The second-order valence-electron chi connectivity index (χ2n) is 3.02. The van der Waals surface area contributed by atoms with Gasteiger partial charge in [-0.05, 0) is 19.4 Å². The van der Waals surface area contributed by atoms with Crippen LogP contribution in [0.4, 0.5) is 13.2 Å². The van der Waals surface area contributed by atoms with Crippen molar-refractivity contribution in [3.8, 4) is 0 Å². The number of rotatable bonds is 3. The predicted octanol–water partition coefficient (Wildman–Crippen LogP) is 0.348. The van der Waals surface area contributed by atoms with E-state index in [1.807, 2.05) is 0 Å². The van der Waals surface area contributed by atoms with Gasteiger partial charge in [0.25, 0.3) is 5.91 Å². The van der Waals surface area contributed by atoms with E-state index in [9.17, 15) is 18.0 Å². The maximum atomic E-state index is 11.6. The van der Waals surface area contributed by atoms with Crippen LogP contribution in [0.5, 0.6) is 0 Å². The molecule has 1 atom stereocenters. The van der Waals surface area contributed by atoms with Crippen molar-refractivity contribution in [1.29, 1.82) is 0 Å². The van der Waals surface area contributed by atoms with Gasteiger partial charge in [-0.3, -0.25) is 9.63 Å². The summed E-state index contributed by atoms with van der Waals surface area (Å²) in [4.78, 5) is 15.1. The number of carbonyl (C=O) groups excluding carboxylic acids is 1. The first-order valence-corrected chi connectivity index (χ1v) is 4.21. The van der Waals surface area contributed by atoms with E-state index < -0.39 is 24.7 Å². The lowest BCUT2D eigenvalue weighted by Crippen LogP contribution is -2.41. The number of amides is 1. The monoisotopic (exact) mass is 212 g/mol. The lowest BCUT2D eigenvalue weighted by Gasteiger charge is -2.11. The second-order valence-corrected chi connectivity index (χ2v) is 3.02. The highest BCUT2D eigenvalue weighted by molar-refractivity contribution is 5.80. The van der Waals surface area contributed by atoms with Gasteiger partial charge in [0.2, 0.25) is 0 Å². The minimum Gasteiger partial charge on any atom is -0.306 e. The summed E-state index contributed by atoms with van der Waals surface area (Å²) in [5.41, 5.74) is 1.76. The highest BCUT2D eigenvalue weighted by Gasteiger charge is 2.29. The van der Waals surface area contributed by atoms with Crippen molar-refractivity contribution in [2.75, 3.05) is 13.2 Å². The van der Waals surface area contributed by atoms with E-state index in [0.717, 1.165) is 6.42 Å². The van der Waals surface area contributed by atoms with Crippen molar-refractivity contribution >= 4 is 5.91 Å². The number of carbonyl (C=O) groups is 1. The minimum absolute atomic E-state index is 0.428. The zero-order valence-corrected chi connectivity index (χ0v) is 7.36. The third-order valence-electron chi connectivity index (χ3n) is 1.79. The molecule has 0 aliphatic carbocycles. The molecular weight excluding hydrogens is 201 g/mol. The number of halogens is 3. The van der Waals surface area contributed by atoms with Crippen LogP contribution in [0.1, 0.15) is 12.8 Å². The van der Waals surface area contributed by atoms with Crippen LogP contribution in [-0.2, 0) is 9.63 Å². The fourth-order valence-electron chi connectivity index (χ4n) is 1.17. The molecule has 0 saturated carbocycles. The fourth-order valence-corrected chi connectivity index (χ4v) is 1.17. The molecule has 1 rings (SSSR count). The molecule has 4 nitrogen and oxygen atoms in total. The van der Waals surface area contributed by atoms with Gasteiger partial charge in [0.15, 0.2) is 6.61 Å². The van der Waals surface area contributed by atoms with Crippen LogP contribution < -0.4 is 10.8 Å². The Balaban J connectivity index is 2.15. The first kappa shape index (κ1) is 11.3. The van der Waals surface area contributed by atoms with Gasteiger partial charge < -0.3 is 5.32 Å². The van der Waals surface area contributed by atoms with Gasteiger partial charge in [0.1, 0.15) is 0 Å². The van der Waals surface area contributed by atoms with E-state index in [0.29, 0.717) is 13.0 Å². The maximum absolute atomic E-state index is 11.6. The lowest BCUT2D eigenvalue weighted by molar-refractivity contribution is -0.192. The molecular formula is C7H11F3N2O2. The molecule has 0 spiro atoms. The molecule has 0 bridgehead atoms. The van der Waals surface area contributed by atoms with E-state index in [4.69, 9.17) is 0 Å². The van der Waals surface area contributed by atoms with E-state index >= 15 is 0 Å². The van der Waals surface area contributed by atoms with Crippen molar-refractivity contribution in [2.24, 2.45) is 0 Å². The molecule has 0 aromatic rings. The molecule has 14 heavy (non-hydrogen) atoms. The molecule has 1 amide bonds. The van der Waals surface area contributed by atoms with Crippen LogP contribution in [0, 0.1) is 0 Å². The number of hydroxylamine groups is 1. The zero-order valence-electron chi connectivity index (χ0n) is 7.36. The van der Waals surface area contributed by atoms with Crippen LogP contribution in [0.25, 0.3) is 0 Å². The van der Waals surface area contributed by atoms with Gasteiger partial charge in [0, 0.05) is 0 Å². The van der Waals surface area contributed by atoms with Crippen LogP contribution >= 0.6 is 0 Å². The summed E-state index contributed by atoms with van der Waals surface area (Å²) < 4.78 is 34.8. The summed E-state index contributed by atoms with van der Waals surface area (Å²) in [6, 6.07) is -0.428. The third kappa shape index (κ3) is 3.93. The van der Waals surface area contributed by atoms with Crippen molar-refractivity contribution in [3.63, 3.8) is 0 Å². The first-order valence-electron chi connectivity index (χ1n) is 4.21. The molecule has 0 radical (unpaired) electrons. The summed E-state index contributed by atoms with van der Waals surface area (Å²) in [6.45, 7) is -0.761.